The summed E-state index contributed by atoms with van der Waals surface area (Å²) in [6.07, 6.45) is 4.27. The van der Waals surface area contributed by atoms with Crippen LogP contribution in [0.25, 0.3) is 0 Å². The van der Waals surface area contributed by atoms with E-state index in [-0.39, 0.29) is 11.8 Å². The average Bonchev–Trinajstić information content (AvgIpc) is 2.38. The molecule has 0 radical (unpaired) electrons. The standard InChI is InChI=1S/C14H23NO4/c1-14(19)6-8-15(9-7-14)12(16)10-4-2-3-5-11(10)13(17)18/h10-11,19H,2-9H2,1H3,(H,17,18)/t10-,11+/m1/s1. The molecule has 1 saturated carbocycles. The van der Waals surface area contributed by atoms with Crippen LogP contribution in [0, 0.1) is 11.8 Å². The molecule has 0 aromatic rings. The van der Waals surface area contributed by atoms with Crippen molar-refractivity contribution in [3.63, 3.8) is 0 Å². The van der Waals surface area contributed by atoms with Crippen molar-refractivity contribution in [1.29, 1.82) is 0 Å². The number of amides is 1. The minimum Gasteiger partial charge on any atom is -0.481 e. The first-order valence-electron chi connectivity index (χ1n) is 7.15. The van der Waals surface area contributed by atoms with Crippen LogP contribution in [-0.2, 0) is 9.59 Å². The minimum absolute atomic E-state index is 0.0254. The van der Waals surface area contributed by atoms with Gasteiger partial charge in [-0.05, 0) is 32.6 Å². The highest BCUT2D eigenvalue weighted by atomic mass is 16.4. The van der Waals surface area contributed by atoms with Crippen molar-refractivity contribution in [3.05, 3.63) is 0 Å². The molecule has 0 unspecified atom stereocenters. The summed E-state index contributed by atoms with van der Waals surface area (Å²) in [4.78, 5) is 25.4. The maximum atomic E-state index is 12.5. The molecule has 108 valence electrons. The van der Waals surface area contributed by atoms with Crippen LogP contribution in [0.2, 0.25) is 0 Å². The predicted octanol–water partition coefficient (Wildman–Crippen LogP) is 1.25. The van der Waals surface area contributed by atoms with Crippen molar-refractivity contribution in [1.82, 2.24) is 4.90 Å². The molecule has 5 nitrogen and oxygen atoms in total. The molecule has 2 N–H and O–H groups in total. The zero-order valence-corrected chi connectivity index (χ0v) is 11.5. The number of piperidine rings is 1. The van der Waals surface area contributed by atoms with Gasteiger partial charge in [-0.15, -0.1) is 0 Å². The topological polar surface area (TPSA) is 77.8 Å². The van der Waals surface area contributed by atoms with Crippen molar-refractivity contribution in [3.8, 4) is 0 Å². The molecule has 2 atom stereocenters. The van der Waals surface area contributed by atoms with Crippen LogP contribution >= 0.6 is 0 Å². The Morgan fingerprint density at radius 2 is 1.63 bits per heavy atom. The smallest absolute Gasteiger partial charge is 0.307 e. The van der Waals surface area contributed by atoms with Crippen LogP contribution in [0.4, 0.5) is 0 Å². The lowest BCUT2D eigenvalue weighted by Crippen LogP contribution is -2.49. The number of likely N-dealkylation sites (tertiary alicyclic amines) is 1. The fourth-order valence-electron chi connectivity index (χ4n) is 3.17. The van der Waals surface area contributed by atoms with Crippen molar-refractivity contribution in [2.75, 3.05) is 13.1 Å². The van der Waals surface area contributed by atoms with E-state index in [2.05, 4.69) is 0 Å². The highest BCUT2D eigenvalue weighted by Crippen LogP contribution is 2.33. The molecule has 0 bridgehead atoms. The molecular formula is C14H23NO4. The van der Waals surface area contributed by atoms with Crippen molar-refractivity contribution in [2.45, 2.75) is 51.0 Å². The number of rotatable bonds is 2. The molecule has 2 aliphatic rings. The van der Waals surface area contributed by atoms with Gasteiger partial charge in [-0.1, -0.05) is 12.8 Å². The van der Waals surface area contributed by atoms with E-state index in [1.807, 2.05) is 0 Å². The second kappa shape index (κ2) is 5.49. The number of carboxylic acid groups (broad SMARTS) is 1. The second-order valence-electron chi connectivity index (χ2n) is 6.16. The van der Waals surface area contributed by atoms with Crippen LogP contribution in [-0.4, -0.2) is 45.7 Å². The molecule has 0 aromatic carbocycles. The van der Waals surface area contributed by atoms with E-state index in [0.717, 1.165) is 12.8 Å². The van der Waals surface area contributed by atoms with Crippen LogP contribution in [0.5, 0.6) is 0 Å². The van der Waals surface area contributed by atoms with Crippen molar-refractivity contribution < 1.29 is 19.8 Å². The van der Waals surface area contributed by atoms with Gasteiger partial charge in [-0.3, -0.25) is 9.59 Å². The number of nitrogens with zero attached hydrogens (tertiary/aromatic N) is 1. The number of hydrogen-bond acceptors (Lipinski definition) is 3. The highest BCUT2D eigenvalue weighted by molar-refractivity contribution is 5.85. The molecule has 5 heteroatoms. The number of carbonyl (C=O) groups is 2. The Bertz CT molecular complexity index is 356. The number of carboxylic acids is 1. The summed E-state index contributed by atoms with van der Waals surface area (Å²) in [7, 11) is 0. The lowest BCUT2D eigenvalue weighted by atomic mass is 9.78. The van der Waals surface area contributed by atoms with Gasteiger partial charge in [0.1, 0.15) is 0 Å². The predicted molar refractivity (Wildman–Crippen MR) is 69.5 cm³/mol. The van der Waals surface area contributed by atoms with Crippen molar-refractivity contribution in [2.24, 2.45) is 11.8 Å². The molecule has 1 aliphatic carbocycles. The monoisotopic (exact) mass is 269 g/mol. The zero-order chi connectivity index (χ0) is 14.0. The van der Waals surface area contributed by atoms with E-state index >= 15 is 0 Å². The lowest BCUT2D eigenvalue weighted by Gasteiger charge is -2.39. The van der Waals surface area contributed by atoms with Gasteiger partial charge in [0.15, 0.2) is 0 Å². The fourth-order valence-corrected chi connectivity index (χ4v) is 3.17. The Labute approximate surface area is 113 Å². The minimum atomic E-state index is -0.845. The summed E-state index contributed by atoms with van der Waals surface area (Å²) < 4.78 is 0. The molecule has 1 amide bonds. The van der Waals surface area contributed by atoms with Crippen LogP contribution in [0.1, 0.15) is 45.4 Å². The van der Waals surface area contributed by atoms with Crippen LogP contribution in [0.15, 0.2) is 0 Å². The molecule has 2 fully saturated rings. The van der Waals surface area contributed by atoms with E-state index in [1.165, 1.54) is 0 Å². The Kier molecular flexibility index (Phi) is 4.13. The molecule has 0 spiro atoms. The maximum absolute atomic E-state index is 12.5. The van der Waals surface area contributed by atoms with Gasteiger partial charge in [0.2, 0.25) is 5.91 Å². The maximum Gasteiger partial charge on any atom is 0.307 e. The lowest BCUT2D eigenvalue weighted by molar-refractivity contribution is -0.154. The second-order valence-corrected chi connectivity index (χ2v) is 6.16. The van der Waals surface area contributed by atoms with Gasteiger partial charge >= 0.3 is 5.97 Å². The molecule has 1 heterocycles. The van der Waals surface area contributed by atoms with Gasteiger partial charge in [0.05, 0.1) is 17.4 Å². The first-order valence-corrected chi connectivity index (χ1v) is 7.15. The van der Waals surface area contributed by atoms with E-state index in [4.69, 9.17) is 0 Å². The number of carbonyl (C=O) groups excluding carboxylic acids is 1. The van der Waals surface area contributed by atoms with Crippen LogP contribution in [0.3, 0.4) is 0 Å². The summed E-state index contributed by atoms with van der Waals surface area (Å²) in [6.45, 7) is 2.86. The first-order chi connectivity index (χ1) is 8.91. The summed E-state index contributed by atoms with van der Waals surface area (Å²) >= 11 is 0. The largest absolute Gasteiger partial charge is 0.481 e. The third-order valence-corrected chi connectivity index (χ3v) is 4.55. The Hall–Kier alpha value is -1.10. The molecule has 0 aromatic heterocycles. The number of aliphatic carboxylic acids is 1. The fraction of sp³-hybridized carbons (Fsp3) is 0.857. The zero-order valence-electron chi connectivity index (χ0n) is 11.5. The summed E-state index contributed by atoms with van der Waals surface area (Å²) in [5.41, 5.74) is -0.685. The van der Waals surface area contributed by atoms with E-state index < -0.39 is 17.5 Å². The van der Waals surface area contributed by atoms with Gasteiger partial charge in [-0.2, -0.15) is 0 Å². The summed E-state index contributed by atoms with van der Waals surface area (Å²) in [6, 6.07) is 0. The van der Waals surface area contributed by atoms with Gasteiger partial charge in [0.25, 0.3) is 0 Å². The van der Waals surface area contributed by atoms with Gasteiger partial charge < -0.3 is 15.1 Å². The molecule has 19 heavy (non-hydrogen) atoms. The molecule has 1 aliphatic heterocycles. The molecular weight excluding hydrogens is 246 g/mol. The summed E-state index contributed by atoms with van der Waals surface area (Å²) in [5, 5.41) is 19.1. The quantitative estimate of drug-likeness (QED) is 0.791. The normalized spacial score (nSPS) is 30.9. The third kappa shape index (κ3) is 3.26. The average molecular weight is 269 g/mol. The Morgan fingerprint density at radius 3 is 2.16 bits per heavy atom. The Balaban J connectivity index is 2.00. The van der Waals surface area contributed by atoms with E-state index in [9.17, 15) is 19.8 Å². The first kappa shape index (κ1) is 14.3. The van der Waals surface area contributed by atoms with Gasteiger partial charge in [0, 0.05) is 13.1 Å². The van der Waals surface area contributed by atoms with E-state index in [1.54, 1.807) is 11.8 Å². The Morgan fingerprint density at radius 1 is 1.11 bits per heavy atom. The van der Waals surface area contributed by atoms with Crippen LogP contribution < -0.4 is 0 Å². The van der Waals surface area contributed by atoms with Crippen molar-refractivity contribution >= 4 is 11.9 Å². The highest BCUT2D eigenvalue weighted by Gasteiger charge is 2.39. The molecule has 2 rings (SSSR count). The summed E-state index contributed by atoms with van der Waals surface area (Å²) in [5.74, 6) is -1.76. The number of hydrogen-bond donors (Lipinski definition) is 2. The SMILES string of the molecule is CC1(O)CCN(C(=O)[C@@H]2CCCC[C@@H]2C(=O)O)CC1. The van der Waals surface area contributed by atoms with E-state index in [0.29, 0.717) is 38.8 Å². The number of aliphatic hydroxyl groups is 1. The molecule has 1 saturated heterocycles. The van der Waals surface area contributed by atoms with Gasteiger partial charge in [-0.25, -0.2) is 0 Å². The third-order valence-electron chi connectivity index (χ3n) is 4.55.